The highest BCUT2D eigenvalue weighted by Crippen LogP contribution is 2.31. The lowest BCUT2D eigenvalue weighted by Crippen LogP contribution is -2.35. The average Bonchev–Trinajstić information content (AvgIpc) is 2.82. The van der Waals surface area contributed by atoms with E-state index in [0.717, 1.165) is 24.2 Å². The Morgan fingerprint density at radius 3 is 2.58 bits per heavy atom. The molecule has 0 atom stereocenters. The van der Waals surface area contributed by atoms with Crippen molar-refractivity contribution in [3.63, 3.8) is 0 Å². The Labute approximate surface area is 182 Å². The van der Waals surface area contributed by atoms with Crippen LogP contribution in [0.5, 0.6) is 5.75 Å². The second-order valence-corrected chi connectivity index (χ2v) is 9.12. The van der Waals surface area contributed by atoms with Crippen molar-refractivity contribution in [3.05, 3.63) is 90.0 Å². The van der Waals surface area contributed by atoms with Crippen LogP contribution in [0.3, 0.4) is 0 Å². The van der Waals surface area contributed by atoms with Gasteiger partial charge in [-0.15, -0.1) is 0 Å². The molecule has 1 aliphatic rings. The Morgan fingerprint density at radius 2 is 1.74 bits per heavy atom. The lowest BCUT2D eigenvalue weighted by molar-refractivity contribution is 0.0947. The average molecular weight is 437 g/mol. The maximum atomic E-state index is 13.3. The minimum Gasteiger partial charge on any atom is -0.492 e. The molecule has 7 heteroatoms. The van der Waals surface area contributed by atoms with E-state index in [1.54, 1.807) is 12.1 Å². The quantitative estimate of drug-likeness (QED) is 0.574. The second kappa shape index (κ2) is 9.22. The summed E-state index contributed by atoms with van der Waals surface area (Å²) < 4.78 is 33.6. The number of rotatable bonds is 7. The summed E-state index contributed by atoms with van der Waals surface area (Å²) in [6, 6.07) is 23.0. The molecule has 0 aliphatic carbocycles. The molecular formula is C24H24N2O4S. The highest BCUT2D eigenvalue weighted by molar-refractivity contribution is 7.92. The second-order valence-electron chi connectivity index (χ2n) is 7.25. The first kappa shape index (κ1) is 20.9. The molecule has 1 aliphatic heterocycles. The highest BCUT2D eigenvalue weighted by atomic mass is 32.2. The van der Waals surface area contributed by atoms with Crippen LogP contribution in [-0.2, 0) is 16.4 Å². The molecule has 31 heavy (non-hydrogen) atoms. The molecule has 0 radical (unpaired) electrons. The van der Waals surface area contributed by atoms with Crippen LogP contribution < -0.4 is 14.4 Å². The largest absolute Gasteiger partial charge is 0.492 e. The summed E-state index contributed by atoms with van der Waals surface area (Å²) in [7, 11) is -3.76. The smallest absolute Gasteiger partial charge is 0.264 e. The molecular weight excluding hydrogens is 412 g/mol. The number of sulfonamides is 1. The van der Waals surface area contributed by atoms with E-state index in [1.165, 1.54) is 16.4 Å². The van der Waals surface area contributed by atoms with Crippen molar-refractivity contribution in [1.29, 1.82) is 0 Å². The number of carbonyl (C=O) groups is 1. The van der Waals surface area contributed by atoms with E-state index >= 15 is 0 Å². The van der Waals surface area contributed by atoms with Crippen LogP contribution in [0, 0.1) is 0 Å². The predicted molar refractivity (Wildman–Crippen MR) is 120 cm³/mol. The predicted octanol–water partition coefficient (Wildman–Crippen LogP) is 3.64. The summed E-state index contributed by atoms with van der Waals surface area (Å²) in [6.45, 7) is 1.05. The van der Waals surface area contributed by atoms with Crippen LogP contribution in [0.1, 0.15) is 22.3 Å². The summed E-state index contributed by atoms with van der Waals surface area (Å²) >= 11 is 0. The topological polar surface area (TPSA) is 75.7 Å². The molecule has 0 saturated heterocycles. The van der Waals surface area contributed by atoms with Gasteiger partial charge in [0.2, 0.25) is 0 Å². The fourth-order valence-corrected chi connectivity index (χ4v) is 5.21. The van der Waals surface area contributed by atoms with E-state index in [0.29, 0.717) is 30.9 Å². The Bertz CT molecular complexity index is 1160. The molecule has 0 bridgehead atoms. The van der Waals surface area contributed by atoms with Crippen molar-refractivity contribution in [2.24, 2.45) is 0 Å². The number of hydrogen-bond donors (Lipinski definition) is 1. The van der Waals surface area contributed by atoms with E-state index in [9.17, 15) is 13.2 Å². The maximum absolute atomic E-state index is 13.3. The standard InChI is InChI=1S/C24H24N2O4S/c27-24(25-15-17-30-21-11-2-1-3-12-21)20-9-6-13-22(18-20)31(28,29)26-16-7-10-19-8-4-5-14-23(19)26/h1-6,8-9,11-14,18H,7,10,15-17H2,(H,25,27). The van der Waals surface area contributed by atoms with Crippen molar-refractivity contribution < 1.29 is 17.9 Å². The van der Waals surface area contributed by atoms with Gasteiger partial charge in [0.25, 0.3) is 15.9 Å². The third kappa shape index (κ3) is 4.72. The van der Waals surface area contributed by atoms with Crippen molar-refractivity contribution in [1.82, 2.24) is 5.32 Å². The Kier molecular flexibility index (Phi) is 6.23. The van der Waals surface area contributed by atoms with Gasteiger partial charge < -0.3 is 10.1 Å². The number of nitrogens with zero attached hydrogens (tertiary/aromatic N) is 1. The van der Waals surface area contributed by atoms with Crippen LogP contribution >= 0.6 is 0 Å². The minimum absolute atomic E-state index is 0.109. The summed E-state index contributed by atoms with van der Waals surface area (Å²) in [5.41, 5.74) is 2.03. The number of aryl methyl sites for hydroxylation is 1. The molecule has 0 spiro atoms. The Hall–Kier alpha value is -3.32. The van der Waals surface area contributed by atoms with Crippen molar-refractivity contribution >= 4 is 21.6 Å². The van der Waals surface area contributed by atoms with Gasteiger partial charge in [-0.2, -0.15) is 0 Å². The number of amides is 1. The normalized spacial score (nSPS) is 13.4. The van der Waals surface area contributed by atoms with Gasteiger partial charge in [-0.25, -0.2) is 8.42 Å². The molecule has 0 aromatic heterocycles. The monoisotopic (exact) mass is 436 g/mol. The van der Waals surface area contributed by atoms with Crippen LogP contribution in [-0.4, -0.2) is 34.0 Å². The fourth-order valence-electron chi connectivity index (χ4n) is 3.63. The lowest BCUT2D eigenvalue weighted by atomic mass is 10.0. The highest BCUT2D eigenvalue weighted by Gasteiger charge is 2.29. The van der Waals surface area contributed by atoms with Crippen molar-refractivity contribution in [3.8, 4) is 5.75 Å². The van der Waals surface area contributed by atoms with Gasteiger partial charge in [0.15, 0.2) is 0 Å². The molecule has 6 nitrogen and oxygen atoms in total. The van der Waals surface area contributed by atoms with Crippen molar-refractivity contribution in [2.45, 2.75) is 17.7 Å². The van der Waals surface area contributed by atoms with Crippen LogP contribution in [0.4, 0.5) is 5.69 Å². The number of fused-ring (bicyclic) bond motifs is 1. The molecule has 1 N–H and O–H groups in total. The van der Waals surface area contributed by atoms with Gasteiger partial charge in [-0.3, -0.25) is 9.10 Å². The molecule has 3 aromatic rings. The molecule has 0 unspecified atom stereocenters. The van der Waals surface area contributed by atoms with Gasteiger partial charge in [0, 0.05) is 12.1 Å². The number of anilines is 1. The molecule has 1 heterocycles. The zero-order valence-electron chi connectivity index (χ0n) is 17.0. The molecule has 3 aromatic carbocycles. The van der Waals surface area contributed by atoms with Crippen molar-refractivity contribution in [2.75, 3.05) is 24.0 Å². The fraction of sp³-hybridized carbons (Fsp3) is 0.208. The van der Waals surface area contributed by atoms with E-state index in [1.807, 2.05) is 54.6 Å². The molecule has 4 rings (SSSR count). The van der Waals surface area contributed by atoms with Crippen LogP contribution in [0.2, 0.25) is 0 Å². The van der Waals surface area contributed by atoms with Crippen LogP contribution in [0.15, 0.2) is 83.8 Å². The number of ether oxygens (including phenoxy) is 1. The summed E-state index contributed by atoms with van der Waals surface area (Å²) in [6.07, 6.45) is 1.62. The molecule has 1 amide bonds. The molecule has 0 saturated carbocycles. The van der Waals surface area contributed by atoms with E-state index < -0.39 is 10.0 Å². The van der Waals surface area contributed by atoms with Gasteiger partial charge in [-0.05, 0) is 54.8 Å². The summed E-state index contributed by atoms with van der Waals surface area (Å²) in [5.74, 6) is 0.388. The Morgan fingerprint density at radius 1 is 0.968 bits per heavy atom. The number of para-hydroxylation sites is 2. The van der Waals surface area contributed by atoms with Gasteiger partial charge in [0.05, 0.1) is 17.1 Å². The zero-order valence-corrected chi connectivity index (χ0v) is 17.8. The molecule has 160 valence electrons. The summed E-state index contributed by atoms with van der Waals surface area (Å²) in [5, 5.41) is 2.77. The number of benzene rings is 3. The third-order valence-corrected chi connectivity index (χ3v) is 6.96. The Balaban J connectivity index is 1.45. The first-order valence-electron chi connectivity index (χ1n) is 10.2. The first-order valence-corrected chi connectivity index (χ1v) is 11.7. The summed E-state index contributed by atoms with van der Waals surface area (Å²) in [4.78, 5) is 12.6. The van der Waals surface area contributed by atoms with E-state index in [2.05, 4.69) is 5.32 Å². The number of nitrogens with one attached hydrogen (secondary N) is 1. The number of carbonyl (C=O) groups excluding carboxylic acids is 1. The number of hydrogen-bond acceptors (Lipinski definition) is 4. The first-order chi connectivity index (χ1) is 15.1. The van der Waals surface area contributed by atoms with Gasteiger partial charge in [-0.1, -0.05) is 42.5 Å². The minimum atomic E-state index is -3.76. The lowest BCUT2D eigenvalue weighted by Gasteiger charge is -2.30. The van der Waals surface area contributed by atoms with E-state index in [-0.39, 0.29) is 10.8 Å². The SMILES string of the molecule is O=C(NCCOc1ccccc1)c1cccc(S(=O)(=O)N2CCCc3ccccc32)c1. The van der Waals surface area contributed by atoms with Crippen LogP contribution in [0.25, 0.3) is 0 Å². The van der Waals surface area contributed by atoms with E-state index in [4.69, 9.17) is 4.74 Å². The van der Waals surface area contributed by atoms with Gasteiger partial charge in [0.1, 0.15) is 12.4 Å². The van der Waals surface area contributed by atoms with Gasteiger partial charge >= 0.3 is 0 Å². The zero-order chi connectivity index (χ0) is 21.7. The molecule has 0 fully saturated rings. The third-order valence-electron chi connectivity index (χ3n) is 5.15. The maximum Gasteiger partial charge on any atom is 0.264 e.